The number of hydrogen-bond donors (Lipinski definition) is 0. The molecule has 0 saturated carbocycles. The molecule has 3 amide bonds. The summed E-state index contributed by atoms with van der Waals surface area (Å²) in [7, 11) is 0. The van der Waals surface area contributed by atoms with Gasteiger partial charge < -0.3 is 19.6 Å². The molecule has 0 unspecified atom stereocenters. The Morgan fingerprint density at radius 2 is 1.55 bits per heavy atom. The van der Waals surface area contributed by atoms with Crippen molar-refractivity contribution in [2.24, 2.45) is 5.41 Å². The number of likely N-dealkylation sites (tertiary alicyclic amines) is 2. The molecule has 0 aromatic heterocycles. The summed E-state index contributed by atoms with van der Waals surface area (Å²) < 4.78 is 0. The predicted octanol–water partition coefficient (Wildman–Crippen LogP) is 2.32. The Kier molecular flexibility index (Phi) is 5.71. The van der Waals surface area contributed by atoms with Gasteiger partial charge in [-0.05, 0) is 37.8 Å². The van der Waals surface area contributed by atoms with E-state index in [1.54, 1.807) is 4.90 Å². The Morgan fingerprint density at radius 1 is 0.935 bits per heavy atom. The molecule has 31 heavy (non-hydrogen) atoms. The standard InChI is InChI=1S/C24H34N4O3/c1-23(2,3)21(30)26-15-11-24(12-16-26)22(31)27(17-20(29)25-13-7-8-14-25)18-28(24)19-9-5-4-6-10-19/h4-6,9-10H,7-8,11-18H2,1-3H3. The molecule has 1 aromatic rings. The van der Waals surface area contributed by atoms with Crippen molar-refractivity contribution in [3.63, 3.8) is 0 Å². The van der Waals surface area contributed by atoms with Crippen molar-refractivity contribution in [1.82, 2.24) is 14.7 Å². The normalized spacial score (nSPS) is 21.3. The third kappa shape index (κ3) is 4.02. The highest BCUT2D eigenvalue weighted by Gasteiger charge is 2.54. The van der Waals surface area contributed by atoms with E-state index in [2.05, 4.69) is 4.90 Å². The summed E-state index contributed by atoms with van der Waals surface area (Å²) >= 11 is 0. The van der Waals surface area contributed by atoms with Gasteiger partial charge in [-0.1, -0.05) is 39.0 Å². The van der Waals surface area contributed by atoms with Crippen LogP contribution < -0.4 is 4.90 Å². The van der Waals surface area contributed by atoms with E-state index in [1.165, 1.54) is 0 Å². The number of carbonyl (C=O) groups excluding carboxylic acids is 3. The number of piperidine rings is 1. The summed E-state index contributed by atoms with van der Waals surface area (Å²) in [5.41, 5.74) is -0.138. The number of rotatable bonds is 3. The van der Waals surface area contributed by atoms with E-state index in [4.69, 9.17) is 0 Å². The molecule has 3 aliphatic heterocycles. The van der Waals surface area contributed by atoms with Gasteiger partial charge in [-0.2, -0.15) is 0 Å². The molecule has 0 atom stereocenters. The average Bonchev–Trinajstić information content (AvgIpc) is 3.38. The third-order valence-corrected chi connectivity index (χ3v) is 6.89. The molecule has 3 heterocycles. The van der Waals surface area contributed by atoms with Crippen LogP contribution in [0.15, 0.2) is 30.3 Å². The lowest BCUT2D eigenvalue weighted by Crippen LogP contribution is -2.58. The maximum Gasteiger partial charge on any atom is 0.250 e. The Hall–Kier alpha value is -2.57. The van der Waals surface area contributed by atoms with Crippen molar-refractivity contribution >= 4 is 23.4 Å². The molecule has 0 bridgehead atoms. The van der Waals surface area contributed by atoms with Crippen LogP contribution in [-0.2, 0) is 14.4 Å². The summed E-state index contributed by atoms with van der Waals surface area (Å²) in [6.07, 6.45) is 3.24. The Labute approximate surface area is 185 Å². The lowest BCUT2D eigenvalue weighted by atomic mass is 9.84. The summed E-state index contributed by atoms with van der Waals surface area (Å²) in [5, 5.41) is 0. The number of nitrogens with zero attached hydrogens (tertiary/aromatic N) is 4. The highest BCUT2D eigenvalue weighted by Crippen LogP contribution is 2.40. The lowest BCUT2D eigenvalue weighted by Gasteiger charge is -2.44. The van der Waals surface area contributed by atoms with Crippen LogP contribution in [-0.4, -0.2) is 77.4 Å². The summed E-state index contributed by atoms with van der Waals surface area (Å²) in [4.78, 5) is 46.9. The second-order valence-corrected chi connectivity index (χ2v) is 10.1. The fourth-order valence-corrected chi connectivity index (χ4v) is 5.11. The Bertz CT molecular complexity index is 834. The van der Waals surface area contributed by atoms with Crippen molar-refractivity contribution in [2.45, 2.75) is 52.0 Å². The van der Waals surface area contributed by atoms with Crippen molar-refractivity contribution in [3.8, 4) is 0 Å². The van der Waals surface area contributed by atoms with Crippen molar-refractivity contribution in [1.29, 1.82) is 0 Å². The van der Waals surface area contributed by atoms with E-state index in [1.807, 2.05) is 60.9 Å². The number of carbonyl (C=O) groups is 3. The van der Waals surface area contributed by atoms with Crippen LogP contribution in [0.5, 0.6) is 0 Å². The van der Waals surface area contributed by atoms with Crippen LogP contribution in [0.3, 0.4) is 0 Å². The number of para-hydroxylation sites is 1. The third-order valence-electron chi connectivity index (χ3n) is 6.89. The zero-order chi connectivity index (χ0) is 22.2. The predicted molar refractivity (Wildman–Crippen MR) is 119 cm³/mol. The lowest BCUT2D eigenvalue weighted by molar-refractivity contribution is -0.144. The molecule has 3 saturated heterocycles. The molecule has 168 valence electrons. The average molecular weight is 427 g/mol. The second kappa shape index (κ2) is 8.17. The van der Waals surface area contributed by atoms with Crippen LogP contribution in [0.2, 0.25) is 0 Å². The van der Waals surface area contributed by atoms with Crippen molar-refractivity contribution in [3.05, 3.63) is 30.3 Å². The molecular weight excluding hydrogens is 392 g/mol. The van der Waals surface area contributed by atoms with E-state index in [-0.39, 0.29) is 24.3 Å². The van der Waals surface area contributed by atoms with E-state index >= 15 is 0 Å². The summed E-state index contributed by atoms with van der Waals surface area (Å²) in [6, 6.07) is 9.96. The first-order chi connectivity index (χ1) is 14.7. The first kappa shape index (κ1) is 21.7. The van der Waals surface area contributed by atoms with Gasteiger partial charge in [-0.3, -0.25) is 14.4 Å². The molecular formula is C24H34N4O3. The molecule has 4 rings (SSSR count). The van der Waals surface area contributed by atoms with Crippen molar-refractivity contribution in [2.75, 3.05) is 44.3 Å². The van der Waals surface area contributed by atoms with Crippen LogP contribution in [0, 0.1) is 5.41 Å². The van der Waals surface area contributed by atoms with Crippen molar-refractivity contribution < 1.29 is 14.4 Å². The molecule has 1 spiro atoms. The van der Waals surface area contributed by atoms with Gasteiger partial charge >= 0.3 is 0 Å². The van der Waals surface area contributed by atoms with E-state index < -0.39 is 11.0 Å². The molecule has 0 aliphatic carbocycles. The summed E-state index contributed by atoms with van der Waals surface area (Å²) in [6.45, 7) is 9.03. The van der Waals surface area contributed by atoms with Gasteiger partial charge in [0.25, 0.3) is 5.91 Å². The highest BCUT2D eigenvalue weighted by atomic mass is 16.2. The Balaban J connectivity index is 1.56. The number of anilines is 1. The van der Waals surface area contributed by atoms with E-state index in [0.717, 1.165) is 31.6 Å². The van der Waals surface area contributed by atoms with Crippen LogP contribution >= 0.6 is 0 Å². The molecule has 1 aromatic carbocycles. The minimum atomic E-state index is -0.693. The first-order valence-electron chi connectivity index (χ1n) is 11.4. The maximum absolute atomic E-state index is 13.7. The van der Waals surface area contributed by atoms with Gasteiger partial charge in [0, 0.05) is 37.3 Å². The molecule has 7 nitrogen and oxygen atoms in total. The van der Waals surface area contributed by atoms with Gasteiger partial charge in [0.1, 0.15) is 12.1 Å². The van der Waals surface area contributed by atoms with Gasteiger partial charge in [0.15, 0.2) is 0 Å². The molecule has 7 heteroatoms. The van der Waals surface area contributed by atoms with Crippen LogP contribution in [0.1, 0.15) is 46.5 Å². The molecule has 0 radical (unpaired) electrons. The fraction of sp³-hybridized carbons (Fsp3) is 0.625. The Morgan fingerprint density at radius 3 is 2.13 bits per heavy atom. The fourth-order valence-electron chi connectivity index (χ4n) is 5.11. The smallest absolute Gasteiger partial charge is 0.250 e. The number of amides is 3. The van der Waals surface area contributed by atoms with Gasteiger partial charge in [0.2, 0.25) is 11.8 Å². The molecule has 3 aliphatic rings. The SMILES string of the molecule is CC(C)(C)C(=O)N1CCC2(CC1)C(=O)N(CC(=O)N1CCCC1)CN2c1ccccc1. The monoisotopic (exact) mass is 426 g/mol. The molecule has 0 N–H and O–H groups in total. The zero-order valence-electron chi connectivity index (χ0n) is 19.0. The zero-order valence-corrected chi connectivity index (χ0v) is 19.0. The van der Waals surface area contributed by atoms with E-state index in [0.29, 0.717) is 32.6 Å². The minimum Gasteiger partial charge on any atom is -0.342 e. The quantitative estimate of drug-likeness (QED) is 0.744. The number of hydrogen-bond acceptors (Lipinski definition) is 4. The maximum atomic E-state index is 13.7. The van der Waals surface area contributed by atoms with E-state index in [9.17, 15) is 14.4 Å². The van der Waals surface area contributed by atoms with Gasteiger partial charge in [-0.15, -0.1) is 0 Å². The van der Waals surface area contributed by atoms with Gasteiger partial charge in [0.05, 0.1) is 6.67 Å². The topological polar surface area (TPSA) is 64.2 Å². The second-order valence-electron chi connectivity index (χ2n) is 10.1. The van der Waals surface area contributed by atoms with Crippen LogP contribution in [0.4, 0.5) is 5.69 Å². The summed E-state index contributed by atoms with van der Waals surface area (Å²) in [5.74, 6) is 0.183. The molecule has 3 fully saturated rings. The highest BCUT2D eigenvalue weighted by molar-refractivity contribution is 5.96. The number of benzene rings is 1. The largest absolute Gasteiger partial charge is 0.342 e. The minimum absolute atomic E-state index is 0.0201. The van der Waals surface area contributed by atoms with Gasteiger partial charge in [-0.25, -0.2) is 0 Å². The van der Waals surface area contributed by atoms with Crippen LogP contribution in [0.25, 0.3) is 0 Å². The first-order valence-corrected chi connectivity index (χ1v) is 11.4.